The third-order valence-corrected chi connectivity index (χ3v) is 5.31. The highest BCUT2D eigenvalue weighted by Gasteiger charge is 2.57. The second-order valence-electron chi connectivity index (χ2n) is 6.80. The molecule has 2 saturated heterocycles. The molecule has 4 unspecified atom stereocenters. The Hall–Kier alpha value is -2.21. The molecule has 2 aromatic carbocycles. The average molecular weight is 371 g/mol. The van der Waals surface area contributed by atoms with Crippen LogP contribution in [0.25, 0.3) is 0 Å². The number of halogens is 1. The molecule has 26 heavy (non-hydrogen) atoms. The molecule has 2 heterocycles. The molecule has 5 nitrogen and oxygen atoms in total. The first-order valence-corrected chi connectivity index (χ1v) is 9.01. The van der Waals surface area contributed by atoms with Crippen molar-refractivity contribution < 1.29 is 14.4 Å². The van der Waals surface area contributed by atoms with E-state index in [-0.39, 0.29) is 23.9 Å². The van der Waals surface area contributed by atoms with Crippen LogP contribution in [0.2, 0.25) is 5.02 Å². The molecule has 2 fully saturated rings. The summed E-state index contributed by atoms with van der Waals surface area (Å²) >= 11 is 5.94. The van der Waals surface area contributed by atoms with Crippen molar-refractivity contribution in [3.63, 3.8) is 0 Å². The zero-order chi connectivity index (χ0) is 18.3. The van der Waals surface area contributed by atoms with Gasteiger partial charge in [-0.15, -0.1) is 0 Å². The van der Waals surface area contributed by atoms with Crippen molar-refractivity contribution in [2.24, 2.45) is 5.92 Å². The van der Waals surface area contributed by atoms with E-state index in [1.165, 1.54) is 4.90 Å². The standard InChI is InChI=1S/C20H19ClN2O3/c1-12(11-13-5-3-2-4-6-13)23-19(24)16-17(22-26-18(16)20(23)25)14-7-9-15(21)10-8-14/h2-10,12,16-18,22H,11H2,1H3. The minimum absolute atomic E-state index is 0.187. The SMILES string of the molecule is CC(Cc1ccccc1)N1C(=O)C2ONC(c3ccc(Cl)cc3)C2C1=O. The third-order valence-electron chi connectivity index (χ3n) is 5.05. The van der Waals surface area contributed by atoms with Gasteiger partial charge in [0.2, 0.25) is 5.91 Å². The van der Waals surface area contributed by atoms with Gasteiger partial charge in [-0.05, 0) is 36.6 Å². The fourth-order valence-electron chi connectivity index (χ4n) is 3.78. The Morgan fingerprint density at radius 2 is 1.77 bits per heavy atom. The van der Waals surface area contributed by atoms with Crippen LogP contribution in [0.5, 0.6) is 0 Å². The Morgan fingerprint density at radius 3 is 2.46 bits per heavy atom. The minimum atomic E-state index is -0.776. The van der Waals surface area contributed by atoms with E-state index in [4.69, 9.17) is 16.4 Å². The molecular weight excluding hydrogens is 352 g/mol. The van der Waals surface area contributed by atoms with Gasteiger partial charge >= 0.3 is 0 Å². The van der Waals surface area contributed by atoms with Gasteiger partial charge in [0.1, 0.15) is 0 Å². The Balaban J connectivity index is 1.56. The number of benzene rings is 2. The van der Waals surface area contributed by atoms with Gasteiger partial charge in [-0.2, -0.15) is 5.48 Å². The van der Waals surface area contributed by atoms with Crippen molar-refractivity contribution in [3.05, 3.63) is 70.7 Å². The summed E-state index contributed by atoms with van der Waals surface area (Å²) in [5.41, 5.74) is 4.82. The van der Waals surface area contributed by atoms with Gasteiger partial charge < -0.3 is 0 Å². The van der Waals surface area contributed by atoms with E-state index >= 15 is 0 Å². The fourth-order valence-corrected chi connectivity index (χ4v) is 3.90. The molecule has 0 aliphatic carbocycles. The van der Waals surface area contributed by atoms with Gasteiger partial charge in [0, 0.05) is 11.1 Å². The molecule has 0 aromatic heterocycles. The Labute approximate surface area is 156 Å². The lowest BCUT2D eigenvalue weighted by Gasteiger charge is -2.25. The molecule has 0 saturated carbocycles. The largest absolute Gasteiger partial charge is 0.287 e. The van der Waals surface area contributed by atoms with E-state index in [2.05, 4.69) is 5.48 Å². The first kappa shape index (κ1) is 17.2. The molecule has 0 spiro atoms. The van der Waals surface area contributed by atoms with Crippen molar-refractivity contribution >= 4 is 23.4 Å². The predicted molar refractivity (Wildman–Crippen MR) is 97.2 cm³/mol. The van der Waals surface area contributed by atoms with Gasteiger partial charge in [-0.3, -0.25) is 19.3 Å². The molecule has 0 bridgehead atoms. The van der Waals surface area contributed by atoms with E-state index in [0.29, 0.717) is 11.4 Å². The number of hydroxylamine groups is 1. The number of carbonyl (C=O) groups is 2. The quantitative estimate of drug-likeness (QED) is 0.841. The summed E-state index contributed by atoms with van der Waals surface area (Å²) in [7, 11) is 0. The second-order valence-corrected chi connectivity index (χ2v) is 7.23. The lowest BCUT2D eigenvalue weighted by molar-refractivity contribution is -0.147. The lowest BCUT2D eigenvalue weighted by atomic mass is 9.91. The second kappa shape index (κ2) is 6.83. The molecule has 2 aliphatic rings. The summed E-state index contributed by atoms with van der Waals surface area (Å²) in [6.07, 6.45) is -0.155. The molecule has 2 aliphatic heterocycles. The smallest absolute Gasteiger partial charge is 0.261 e. The summed E-state index contributed by atoms with van der Waals surface area (Å²) in [5, 5.41) is 0.621. The van der Waals surface area contributed by atoms with Crippen LogP contribution in [-0.2, 0) is 20.8 Å². The normalized spacial score (nSPS) is 26.2. The zero-order valence-corrected chi connectivity index (χ0v) is 15.0. The number of rotatable bonds is 4. The Morgan fingerprint density at radius 1 is 1.08 bits per heavy atom. The molecular formula is C20H19ClN2O3. The Bertz CT molecular complexity index is 825. The monoisotopic (exact) mass is 370 g/mol. The number of nitrogens with one attached hydrogen (secondary N) is 1. The molecule has 0 radical (unpaired) electrons. The predicted octanol–water partition coefficient (Wildman–Crippen LogP) is 2.90. The first-order valence-electron chi connectivity index (χ1n) is 8.64. The minimum Gasteiger partial charge on any atom is -0.287 e. The summed E-state index contributed by atoms with van der Waals surface area (Å²) in [5.74, 6) is -1.01. The van der Waals surface area contributed by atoms with Gasteiger partial charge in [0.15, 0.2) is 6.10 Å². The van der Waals surface area contributed by atoms with E-state index in [1.54, 1.807) is 12.1 Å². The topological polar surface area (TPSA) is 58.6 Å². The number of fused-ring (bicyclic) bond motifs is 1. The molecule has 6 heteroatoms. The van der Waals surface area contributed by atoms with Crippen molar-refractivity contribution in [3.8, 4) is 0 Å². The summed E-state index contributed by atoms with van der Waals surface area (Å²) in [6, 6.07) is 16.5. The number of nitrogens with zero attached hydrogens (tertiary/aromatic N) is 1. The van der Waals surface area contributed by atoms with E-state index < -0.39 is 12.0 Å². The number of hydrogen-bond acceptors (Lipinski definition) is 4. The van der Waals surface area contributed by atoms with Crippen molar-refractivity contribution in [2.75, 3.05) is 0 Å². The highest BCUT2D eigenvalue weighted by atomic mass is 35.5. The Kier molecular flexibility index (Phi) is 4.53. The van der Waals surface area contributed by atoms with E-state index in [9.17, 15) is 9.59 Å². The van der Waals surface area contributed by atoms with Crippen molar-refractivity contribution in [1.29, 1.82) is 0 Å². The molecule has 4 rings (SSSR count). The maximum absolute atomic E-state index is 13.0. The highest BCUT2D eigenvalue weighted by Crippen LogP contribution is 2.39. The zero-order valence-electron chi connectivity index (χ0n) is 14.3. The number of imide groups is 1. The maximum atomic E-state index is 13.0. The number of amides is 2. The van der Waals surface area contributed by atoms with Crippen LogP contribution in [0.1, 0.15) is 24.1 Å². The average Bonchev–Trinajstić information content (AvgIpc) is 3.17. The molecule has 4 atom stereocenters. The van der Waals surface area contributed by atoms with Crippen LogP contribution in [0.15, 0.2) is 54.6 Å². The van der Waals surface area contributed by atoms with Crippen molar-refractivity contribution in [1.82, 2.24) is 10.4 Å². The first-order chi connectivity index (χ1) is 12.6. The van der Waals surface area contributed by atoms with Crippen LogP contribution >= 0.6 is 11.6 Å². The molecule has 2 aromatic rings. The number of carbonyl (C=O) groups excluding carboxylic acids is 2. The van der Waals surface area contributed by atoms with Gasteiger partial charge in [0.25, 0.3) is 5.91 Å². The van der Waals surface area contributed by atoms with Crippen LogP contribution in [0.3, 0.4) is 0 Å². The molecule has 1 N–H and O–H groups in total. The van der Waals surface area contributed by atoms with Crippen LogP contribution in [-0.4, -0.2) is 28.9 Å². The van der Waals surface area contributed by atoms with Crippen LogP contribution in [0.4, 0.5) is 0 Å². The third kappa shape index (κ3) is 2.92. The summed E-state index contributed by atoms with van der Waals surface area (Å²) < 4.78 is 0. The molecule has 2 amide bonds. The number of likely N-dealkylation sites (tertiary alicyclic amines) is 1. The van der Waals surface area contributed by atoms with Crippen LogP contribution in [0, 0.1) is 5.92 Å². The van der Waals surface area contributed by atoms with Gasteiger partial charge in [0.05, 0.1) is 12.0 Å². The lowest BCUT2D eigenvalue weighted by Crippen LogP contribution is -2.42. The highest BCUT2D eigenvalue weighted by molar-refractivity contribution is 6.30. The van der Waals surface area contributed by atoms with Crippen LogP contribution < -0.4 is 5.48 Å². The van der Waals surface area contributed by atoms with E-state index in [1.807, 2.05) is 49.4 Å². The summed E-state index contributed by atoms with van der Waals surface area (Å²) in [6.45, 7) is 1.90. The van der Waals surface area contributed by atoms with Crippen molar-refractivity contribution in [2.45, 2.75) is 31.5 Å². The maximum Gasteiger partial charge on any atom is 0.261 e. The molecule has 134 valence electrons. The number of hydrogen-bond donors (Lipinski definition) is 1. The summed E-state index contributed by atoms with van der Waals surface area (Å²) in [4.78, 5) is 32.7. The fraction of sp³-hybridized carbons (Fsp3) is 0.300. The van der Waals surface area contributed by atoms with Gasteiger partial charge in [-0.25, -0.2) is 0 Å². The van der Waals surface area contributed by atoms with E-state index in [0.717, 1.165) is 11.1 Å². The van der Waals surface area contributed by atoms with Gasteiger partial charge in [-0.1, -0.05) is 54.1 Å².